The summed E-state index contributed by atoms with van der Waals surface area (Å²) >= 11 is 0. The number of carbonyl (C=O) groups excluding carboxylic acids is 1. The number of hydrogen-bond donors (Lipinski definition) is 1. The lowest BCUT2D eigenvalue weighted by molar-refractivity contribution is -0.0440. The zero-order chi connectivity index (χ0) is 17.5. The van der Waals surface area contributed by atoms with E-state index in [4.69, 9.17) is 19.9 Å². The average Bonchev–Trinajstić information content (AvgIpc) is 3.16. The quantitative estimate of drug-likeness (QED) is 0.781. The molecule has 2 N–H and O–H groups in total. The molecule has 3 rings (SSSR count). The summed E-state index contributed by atoms with van der Waals surface area (Å²) in [4.78, 5) is 10.5. The maximum absolute atomic E-state index is 10.5. The van der Waals surface area contributed by atoms with Gasteiger partial charge in [0.05, 0.1) is 26.4 Å². The Balaban J connectivity index is 1.63. The Morgan fingerprint density at radius 3 is 2.52 bits per heavy atom. The Labute approximate surface area is 146 Å². The van der Waals surface area contributed by atoms with Gasteiger partial charge in [-0.05, 0) is 29.3 Å². The Morgan fingerprint density at radius 1 is 1.04 bits per heavy atom. The molecule has 0 radical (unpaired) electrons. The van der Waals surface area contributed by atoms with E-state index >= 15 is 0 Å². The van der Waals surface area contributed by atoms with Crippen LogP contribution < -0.4 is 10.5 Å². The highest BCUT2D eigenvalue weighted by molar-refractivity contribution is 5.66. The van der Waals surface area contributed by atoms with Gasteiger partial charge in [0.25, 0.3) is 0 Å². The second kappa shape index (κ2) is 8.50. The van der Waals surface area contributed by atoms with Crippen LogP contribution in [0.1, 0.15) is 18.3 Å². The largest absolute Gasteiger partial charge is 0.493 e. The van der Waals surface area contributed by atoms with E-state index in [1.807, 2.05) is 42.5 Å². The number of primary amides is 1. The van der Waals surface area contributed by atoms with Crippen molar-refractivity contribution in [2.75, 3.05) is 26.4 Å². The molecule has 1 amide bonds. The smallest absolute Gasteiger partial charge is 0.404 e. The summed E-state index contributed by atoms with van der Waals surface area (Å²) in [7, 11) is 0. The minimum absolute atomic E-state index is 0.248. The van der Waals surface area contributed by atoms with Crippen LogP contribution in [0.15, 0.2) is 48.5 Å². The lowest BCUT2D eigenvalue weighted by atomic mass is 10.0. The number of amides is 1. The van der Waals surface area contributed by atoms with Gasteiger partial charge in [-0.2, -0.15) is 0 Å². The van der Waals surface area contributed by atoms with Crippen LogP contribution >= 0.6 is 0 Å². The van der Waals surface area contributed by atoms with Crippen LogP contribution in [0, 0.1) is 0 Å². The van der Waals surface area contributed by atoms with E-state index in [1.54, 1.807) is 0 Å². The molecule has 1 aliphatic heterocycles. The second-order valence-corrected chi connectivity index (χ2v) is 5.60. The van der Waals surface area contributed by atoms with Crippen molar-refractivity contribution < 1.29 is 23.7 Å². The molecular formula is C19H21NO5. The summed E-state index contributed by atoms with van der Waals surface area (Å²) < 4.78 is 21.5. The van der Waals surface area contributed by atoms with Crippen molar-refractivity contribution in [3.8, 4) is 16.9 Å². The first kappa shape index (κ1) is 17.3. The molecule has 132 valence electrons. The lowest BCUT2D eigenvalue weighted by Crippen LogP contribution is -2.15. The molecule has 2 aromatic carbocycles. The maximum Gasteiger partial charge on any atom is 0.404 e. The van der Waals surface area contributed by atoms with Gasteiger partial charge in [-0.1, -0.05) is 30.3 Å². The predicted octanol–water partition coefficient (Wildman–Crippen LogP) is 3.26. The monoisotopic (exact) mass is 343 g/mol. The minimum Gasteiger partial charge on any atom is -0.493 e. The third-order valence-electron chi connectivity index (χ3n) is 3.75. The first-order valence-electron chi connectivity index (χ1n) is 8.21. The third-order valence-corrected chi connectivity index (χ3v) is 3.75. The Kier molecular flexibility index (Phi) is 5.87. The summed E-state index contributed by atoms with van der Waals surface area (Å²) in [6, 6.07) is 15.9. The fourth-order valence-corrected chi connectivity index (χ4v) is 2.60. The Bertz CT molecular complexity index is 712. The number of ether oxygens (including phenoxy) is 4. The summed E-state index contributed by atoms with van der Waals surface area (Å²) in [6.07, 6.45) is -0.472. The zero-order valence-corrected chi connectivity index (χ0v) is 13.9. The van der Waals surface area contributed by atoms with Gasteiger partial charge in [0, 0.05) is 12.0 Å². The van der Waals surface area contributed by atoms with Crippen molar-refractivity contribution in [3.05, 3.63) is 54.1 Å². The first-order valence-corrected chi connectivity index (χ1v) is 8.21. The molecular weight excluding hydrogens is 322 g/mol. The maximum atomic E-state index is 10.5. The van der Waals surface area contributed by atoms with E-state index < -0.39 is 6.09 Å². The van der Waals surface area contributed by atoms with Crippen LogP contribution in [0.4, 0.5) is 4.79 Å². The third kappa shape index (κ3) is 4.95. The molecule has 2 aromatic rings. The number of benzene rings is 2. The second-order valence-electron chi connectivity index (χ2n) is 5.60. The molecule has 25 heavy (non-hydrogen) atoms. The van der Waals surface area contributed by atoms with Gasteiger partial charge in [-0.15, -0.1) is 0 Å². The molecule has 1 heterocycles. The van der Waals surface area contributed by atoms with Crippen LogP contribution in [-0.2, 0) is 14.2 Å². The first-order chi connectivity index (χ1) is 12.2. The standard InChI is InChI=1S/C19H21NO5/c20-19(21)25-9-3-8-22-17-7-2-5-15(13-17)14-4-1-6-16(12-14)18-23-10-11-24-18/h1-2,4-7,12-13,18H,3,8-11H2,(H2,20,21). The van der Waals surface area contributed by atoms with Crippen LogP contribution in [0.25, 0.3) is 11.1 Å². The summed E-state index contributed by atoms with van der Waals surface area (Å²) in [5.74, 6) is 0.760. The Morgan fingerprint density at radius 2 is 1.76 bits per heavy atom. The molecule has 6 heteroatoms. The number of hydrogen-bond acceptors (Lipinski definition) is 5. The minimum atomic E-state index is -0.767. The molecule has 0 unspecified atom stereocenters. The average molecular weight is 343 g/mol. The molecule has 0 aliphatic carbocycles. The molecule has 6 nitrogen and oxygen atoms in total. The highest BCUT2D eigenvalue weighted by atomic mass is 16.7. The summed E-state index contributed by atoms with van der Waals surface area (Å²) in [5, 5.41) is 0. The number of nitrogens with two attached hydrogens (primary N) is 1. The normalized spacial score (nSPS) is 14.4. The highest BCUT2D eigenvalue weighted by Crippen LogP contribution is 2.29. The van der Waals surface area contributed by atoms with Gasteiger partial charge in [0.1, 0.15) is 5.75 Å². The van der Waals surface area contributed by atoms with E-state index in [9.17, 15) is 4.79 Å². The molecule has 0 aromatic heterocycles. The molecule has 0 spiro atoms. The molecule has 1 saturated heterocycles. The van der Waals surface area contributed by atoms with Crippen LogP contribution in [0.2, 0.25) is 0 Å². The van der Waals surface area contributed by atoms with Crippen molar-refractivity contribution in [2.24, 2.45) is 5.73 Å². The SMILES string of the molecule is NC(=O)OCCCOc1cccc(-c2cccc(C3OCCO3)c2)c1. The van der Waals surface area contributed by atoms with Crippen molar-refractivity contribution in [3.63, 3.8) is 0 Å². The fourth-order valence-electron chi connectivity index (χ4n) is 2.60. The summed E-state index contributed by atoms with van der Waals surface area (Å²) in [6.45, 7) is 1.94. The van der Waals surface area contributed by atoms with E-state index in [2.05, 4.69) is 10.8 Å². The number of carbonyl (C=O) groups is 1. The molecule has 0 saturated carbocycles. The van der Waals surface area contributed by atoms with E-state index in [1.165, 1.54) is 0 Å². The zero-order valence-electron chi connectivity index (χ0n) is 13.9. The van der Waals surface area contributed by atoms with Crippen molar-refractivity contribution in [1.82, 2.24) is 0 Å². The van der Waals surface area contributed by atoms with Gasteiger partial charge >= 0.3 is 6.09 Å². The van der Waals surface area contributed by atoms with Gasteiger partial charge in [0.15, 0.2) is 6.29 Å². The highest BCUT2D eigenvalue weighted by Gasteiger charge is 2.18. The lowest BCUT2D eigenvalue weighted by Gasteiger charge is -2.12. The molecule has 1 aliphatic rings. The molecule has 1 fully saturated rings. The van der Waals surface area contributed by atoms with E-state index in [0.29, 0.717) is 26.2 Å². The van der Waals surface area contributed by atoms with Crippen LogP contribution in [0.5, 0.6) is 5.75 Å². The van der Waals surface area contributed by atoms with Gasteiger partial charge in [-0.25, -0.2) is 4.79 Å². The topological polar surface area (TPSA) is 80.0 Å². The summed E-state index contributed by atoms with van der Waals surface area (Å²) in [5.41, 5.74) is 8.03. The van der Waals surface area contributed by atoms with Crippen LogP contribution in [-0.4, -0.2) is 32.5 Å². The van der Waals surface area contributed by atoms with Crippen molar-refractivity contribution in [1.29, 1.82) is 0 Å². The van der Waals surface area contributed by atoms with Gasteiger partial charge in [0.2, 0.25) is 0 Å². The Hall–Kier alpha value is -2.57. The number of rotatable bonds is 7. The van der Waals surface area contributed by atoms with Crippen LogP contribution in [0.3, 0.4) is 0 Å². The van der Waals surface area contributed by atoms with Gasteiger partial charge in [-0.3, -0.25) is 0 Å². The molecule has 0 bridgehead atoms. The van der Waals surface area contributed by atoms with E-state index in [-0.39, 0.29) is 12.9 Å². The predicted molar refractivity (Wildman–Crippen MR) is 92.2 cm³/mol. The fraction of sp³-hybridized carbons (Fsp3) is 0.316. The molecule has 0 atom stereocenters. The van der Waals surface area contributed by atoms with E-state index in [0.717, 1.165) is 22.4 Å². The van der Waals surface area contributed by atoms with Gasteiger partial charge < -0.3 is 24.7 Å². The van der Waals surface area contributed by atoms with Crippen molar-refractivity contribution in [2.45, 2.75) is 12.7 Å². The van der Waals surface area contributed by atoms with Crippen molar-refractivity contribution >= 4 is 6.09 Å².